The first-order chi connectivity index (χ1) is 12.5. The van der Waals surface area contributed by atoms with Crippen LogP contribution in [0.25, 0.3) is 0 Å². The van der Waals surface area contributed by atoms with Crippen molar-refractivity contribution in [3.05, 3.63) is 27.2 Å². The number of aryl methyl sites for hydroxylation is 1. The van der Waals surface area contributed by atoms with Crippen LogP contribution in [0.15, 0.2) is 10.5 Å². The minimum absolute atomic E-state index is 0.00286. The number of ether oxygens (including phenoxy) is 1. The van der Waals surface area contributed by atoms with Crippen molar-refractivity contribution in [1.82, 2.24) is 5.32 Å². The standard InChI is InChI=1S/C21H28BrNO4/c1-10(2)13-6-7-21(5,9-15(24)25)17(13)14-8-11(3)18(22)19-16(14)20(26)23-12(4)27-19/h8,10,12-13,17H,6-7,9H2,1-5H3,(H,23,26)(H,24,25)/t12-,13+,17+,21-/m0/s1. The van der Waals surface area contributed by atoms with Gasteiger partial charge < -0.3 is 15.2 Å². The number of amides is 1. The fourth-order valence-corrected chi connectivity index (χ4v) is 5.45. The smallest absolute Gasteiger partial charge is 0.303 e. The molecule has 2 N–H and O–H groups in total. The summed E-state index contributed by atoms with van der Waals surface area (Å²) in [4.78, 5) is 24.5. The summed E-state index contributed by atoms with van der Waals surface area (Å²) in [5.41, 5.74) is 2.09. The second-order valence-corrected chi connectivity index (χ2v) is 9.48. The minimum atomic E-state index is -0.788. The first-order valence-corrected chi connectivity index (χ1v) is 10.4. The number of hydrogen-bond acceptors (Lipinski definition) is 3. The van der Waals surface area contributed by atoms with Crippen LogP contribution < -0.4 is 10.1 Å². The Morgan fingerprint density at radius 3 is 2.74 bits per heavy atom. The molecule has 0 unspecified atom stereocenters. The van der Waals surface area contributed by atoms with Crippen LogP contribution >= 0.6 is 15.9 Å². The third kappa shape index (κ3) is 3.48. The van der Waals surface area contributed by atoms with Gasteiger partial charge in [0, 0.05) is 0 Å². The van der Waals surface area contributed by atoms with E-state index in [1.54, 1.807) is 6.92 Å². The molecule has 0 radical (unpaired) electrons. The highest BCUT2D eigenvalue weighted by Crippen LogP contribution is 2.58. The van der Waals surface area contributed by atoms with Gasteiger partial charge in [0.15, 0.2) is 6.23 Å². The van der Waals surface area contributed by atoms with E-state index in [1.807, 2.05) is 13.0 Å². The summed E-state index contributed by atoms with van der Waals surface area (Å²) >= 11 is 3.58. The molecular formula is C21H28BrNO4. The lowest BCUT2D eigenvalue weighted by molar-refractivity contribution is -0.139. The Morgan fingerprint density at radius 1 is 1.48 bits per heavy atom. The third-order valence-corrected chi connectivity index (χ3v) is 7.25. The van der Waals surface area contributed by atoms with E-state index in [1.165, 1.54) is 0 Å². The van der Waals surface area contributed by atoms with Gasteiger partial charge in [-0.2, -0.15) is 0 Å². The summed E-state index contributed by atoms with van der Waals surface area (Å²) < 4.78 is 6.76. The van der Waals surface area contributed by atoms with E-state index in [0.717, 1.165) is 28.4 Å². The highest BCUT2D eigenvalue weighted by Gasteiger charge is 2.50. The van der Waals surface area contributed by atoms with Gasteiger partial charge in [-0.3, -0.25) is 9.59 Å². The Hall–Kier alpha value is -1.56. The van der Waals surface area contributed by atoms with Gasteiger partial charge in [0.05, 0.1) is 16.5 Å². The SMILES string of the molecule is Cc1cc([C@H]2[C@@H](C(C)C)CC[C@@]2(C)CC(=O)O)c2c(c1Br)O[C@@H](C)NC2=O. The van der Waals surface area contributed by atoms with E-state index in [0.29, 0.717) is 23.1 Å². The number of fused-ring (bicyclic) bond motifs is 1. The molecule has 1 fully saturated rings. The second kappa shape index (κ2) is 7.12. The number of aliphatic carboxylic acids is 1. The maximum atomic E-state index is 12.9. The van der Waals surface area contributed by atoms with Crippen LogP contribution in [0.3, 0.4) is 0 Å². The maximum absolute atomic E-state index is 12.9. The van der Waals surface area contributed by atoms with Gasteiger partial charge in [-0.15, -0.1) is 0 Å². The lowest BCUT2D eigenvalue weighted by atomic mass is 9.67. The number of carboxylic acid groups (broad SMARTS) is 1. The fourth-order valence-electron chi connectivity index (χ4n) is 5.05. The summed E-state index contributed by atoms with van der Waals surface area (Å²) in [6, 6.07) is 2.05. The molecule has 3 rings (SSSR count). The predicted octanol–water partition coefficient (Wildman–Crippen LogP) is 4.86. The molecule has 1 heterocycles. The molecule has 4 atom stereocenters. The lowest BCUT2D eigenvalue weighted by Crippen LogP contribution is -2.43. The molecule has 1 aliphatic carbocycles. The van der Waals surface area contributed by atoms with Crippen molar-refractivity contribution in [2.75, 3.05) is 0 Å². The lowest BCUT2D eigenvalue weighted by Gasteiger charge is -2.38. The third-order valence-electron chi connectivity index (χ3n) is 6.26. The molecule has 148 valence electrons. The van der Waals surface area contributed by atoms with Crippen molar-refractivity contribution < 1.29 is 19.4 Å². The van der Waals surface area contributed by atoms with Gasteiger partial charge in [-0.25, -0.2) is 0 Å². The Bertz CT molecular complexity index is 791. The van der Waals surface area contributed by atoms with Crippen LogP contribution in [-0.4, -0.2) is 23.2 Å². The number of rotatable bonds is 4. The van der Waals surface area contributed by atoms with Crippen molar-refractivity contribution in [2.45, 2.75) is 66.0 Å². The molecular weight excluding hydrogens is 410 g/mol. The molecule has 0 bridgehead atoms. The van der Waals surface area contributed by atoms with Crippen molar-refractivity contribution >= 4 is 27.8 Å². The first-order valence-electron chi connectivity index (χ1n) is 9.57. The number of nitrogens with one attached hydrogen (secondary N) is 1. The number of benzene rings is 1. The Kier molecular flexibility index (Phi) is 5.32. The minimum Gasteiger partial charge on any atom is -0.481 e. The summed E-state index contributed by atoms with van der Waals surface area (Å²) in [7, 11) is 0. The molecule has 5 nitrogen and oxygen atoms in total. The Balaban J connectivity index is 2.23. The van der Waals surface area contributed by atoms with E-state index in [9.17, 15) is 14.7 Å². The van der Waals surface area contributed by atoms with Crippen molar-refractivity contribution in [3.63, 3.8) is 0 Å². The van der Waals surface area contributed by atoms with Gasteiger partial charge >= 0.3 is 5.97 Å². The number of halogens is 1. The van der Waals surface area contributed by atoms with Crippen LogP contribution in [0.5, 0.6) is 5.75 Å². The van der Waals surface area contributed by atoms with E-state index >= 15 is 0 Å². The predicted molar refractivity (Wildman–Crippen MR) is 107 cm³/mol. The molecule has 0 spiro atoms. The summed E-state index contributed by atoms with van der Waals surface area (Å²) in [5.74, 6) is 0.364. The van der Waals surface area contributed by atoms with Gasteiger partial charge in [-0.1, -0.05) is 26.8 Å². The normalized spacial score (nSPS) is 30.0. The van der Waals surface area contributed by atoms with Crippen LogP contribution in [-0.2, 0) is 4.79 Å². The van der Waals surface area contributed by atoms with Crippen molar-refractivity contribution in [1.29, 1.82) is 0 Å². The summed E-state index contributed by atoms with van der Waals surface area (Å²) in [5, 5.41) is 12.4. The molecule has 6 heteroatoms. The van der Waals surface area contributed by atoms with Crippen LogP contribution in [0.1, 0.15) is 74.4 Å². The zero-order valence-electron chi connectivity index (χ0n) is 16.6. The maximum Gasteiger partial charge on any atom is 0.303 e. The average Bonchev–Trinajstić information content (AvgIpc) is 2.87. The fraction of sp³-hybridized carbons (Fsp3) is 0.619. The monoisotopic (exact) mass is 437 g/mol. The number of carboxylic acids is 1. The molecule has 0 aromatic heterocycles. The molecule has 1 aliphatic heterocycles. The van der Waals surface area contributed by atoms with E-state index < -0.39 is 17.6 Å². The largest absolute Gasteiger partial charge is 0.481 e. The van der Waals surface area contributed by atoms with Crippen molar-refractivity contribution in [3.8, 4) is 5.75 Å². The average molecular weight is 438 g/mol. The molecule has 1 aromatic carbocycles. The summed E-state index contributed by atoms with van der Waals surface area (Å²) in [6.45, 7) is 10.2. The molecule has 2 aliphatic rings. The molecule has 1 saturated carbocycles. The van der Waals surface area contributed by atoms with E-state index in [-0.39, 0.29) is 18.2 Å². The van der Waals surface area contributed by atoms with E-state index in [2.05, 4.69) is 42.0 Å². The second-order valence-electron chi connectivity index (χ2n) is 8.68. The topological polar surface area (TPSA) is 75.6 Å². The molecule has 1 aromatic rings. The van der Waals surface area contributed by atoms with Crippen molar-refractivity contribution in [2.24, 2.45) is 17.3 Å². The zero-order chi connectivity index (χ0) is 20.1. The molecule has 0 saturated heterocycles. The Morgan fingerprint density at radius 2 is 2.15 bits per heavy atom. The van der Waals surface area contributed by atoms with E-state index in [4.69, 9.17) is 4.74 Å². The van der Waals surface area contributed by atoms with Gasteiger partial charge in [0.1, 0.15) is 5.75 Å². The number of carbonyl (C=O) groups is 2. The Labute approximate surface area is 169 Å². The quantitative estimate of drug-likeness (QED) is 0.704. The summed E-state index contributed by atoms with van der Waals surface area (Å²) in [6.07, 6.45) is 1.51. The van der Waals surface area contributed by atoms with Gasteiger partial charge in [-0.05, 0) is 76.9 Å². The first kappa shape index (κ1) is 20.2. The number of carbonyl (C=O) groups excluding carboxylic acids is 1. The van der Waals surface area contributed by atoms with Gasteiger partial charge in [0.25, 0.3) is 5.91 Å². The molecule has 1 amide bonds. The molecule has 27 heavy (non-hydrogen) atoms. The highest BCUT2D eigenvalue weighted by atomic mass is 79.9. The van der Waals surface area contributed by atoms with Gasteiger partial charge in [0.2, 0.25) is 0 Å². The van der Waals surface area contributed by atoms with Crippen LogP contribution in [0, 0.1) is 24.2 Å². The zero-order valence-corrected chi connectivity index (χ0v) is 18.1. The van der Waals surface area contributed by atoms with Crippen LogP contribution in [0.2, 0.25) is 0 Å². The number of hydrogen-bond donors (Lipinski definition) is 2. The van der Waals surface area contributed by atoms with Crippen LogP contribution in [0.4, 0.5) is 0 Å². The highest BCUT2D eigenvalue weighted by molar-refractivity contribution is 9.10.